The molecule has 2 aliphatic carbocycles. The number of aromatic nitrogens is 2. The zero-order chi connectivity index (χ0) is 46.4. The summed E-state index contributed by atoms with van der Waals surface area (Å²) < 4.78 is 36.4. The van der Waals surface area contributed by atoms with Gasteiger partial charge in [0.05, 0.1) is 30.5 Å². The number of rotatable bonds is 12. The summed E-state index contributed by atoms with van der Waals surface area (Å²) in [6, 6.07) is 7.48. The molecule has 9 rings (SSSR count). The average Bonchev–Trinajstić information content (AvgIpc) is 3.88. The fraction of sp³-hybridized carbons (Fsp3) is 0.562. The Kier molecular flexibility index (Phi) is 12.6. The van der Waals surface area contributed by atoms with Crippen LogP contribution < -0.4 is 35.4 Å². The number of halogens is 2. The van der Waals surface area contributed by atoms with Crippen LogP contribution in [-0.4, -0.2) is 114 Å². The van der Waals surface area contributed by atoms with Crippen LogP contribution in [0.3, 0.4) is 0 Å². The van der Waals surface area contributed by atoms with Crippen LogP contribution in [0.5, 0.6) is 5.75 Å². The number of nitrogens with zero attached hydrogens (tertiary/aromatic N) is 6. The summed E-state index contributed by atoms with van der Waals surface area (Å²) in [5, 5.41) is 19.1. The van der Waals surface area contributed by atoms with Crippen molar-refractivity contribution in [2.45, 2.75) is 108 Å². The highest BCUT2D eigenvalue weighted by molar-refractivity contribution is 6.04. The molecule has 2 saturated carbocycles. The van der Waals surface area contributed by atoms with Crippen molar-refractivity contribution in [3.63, 3.8) is 0 Å². The number of amides is 5. The molecule has 5 amide bonds. The van der Waals surface area contributed by atoms with Gasteiger partial charge in [-0.2, -0.15) is 4.98 Å². The molecule has 66 heavy (non-hydrogen) atoms. The van der Waals surface area contributed by atoms with Gasteiger partial charge in [-0.25, -0.2) is 13.8 Å². The molecule has 4 N–H and O–H groups in total. The van der Waals surface area contributed by atoms with E-state index in [1.807, 2.05) is 16.7 Å². The van der Waals surface area contributed by atoms with Gasteiger partial charge in [0.1, 0.15) is 29.1 Å². The fourth-order valence-electron chi connectivity index (χ4n) is 11.9. The smallest absolute Gasteiger partial charge is 0.251 e. The minimum absolute atomic E-state index is 0.00941. The maximum atomic E-state index is 15.3. The molecule has 5 fully saturated rings. The molecule has 4 aliphatic heterocycles. The Morgan fingerprint density at radius 2 is 1.67 bits per heavy atom. The number of carbonyl (C=O) groups excluding carboxylic acids is 5. The minimum Gasteiger partial charge on any atom is -0.495 e. The number of fused-ring (bicyclic) bond motifs is 3. The second kappa shape index (κ2) is 18.4. The lowest BCUT2D eigenvalue weighted by Gasteiger charge is -2.49. The summed E-state index contributed by atoms with van der Waals surface area (Å²) in [5.41, 5.74) is 0.859. The lowest BCUT2D eigenvalue weighted by Crippen LogP contribution is -2.64. The normalized spacial score (nSPS) is 25.8. The first-order chi connectivity index (χ1) is 31.8. The SMILES string of the molecule is CC[C@@H]1C(=O)N(C)c2cnc(Nc3ccc(C(=O)NC4(CCO)C5CCC4CN(C(=O)C4CCN(c6cc(F)c(C7CCC(=O)NC7=O)c(F)c6)CC4)C5)cc3OC)nc2N1C1CCCC1. The van der Waals surface area contributed by atoms with E-state index in [1.165, 1.54) is 19.2 Å². The van der Waals surface area contributed by atoms with Gasteiger partial charge in [-0.3, -0.25) is 29.3 Å². The molecule has 3 saturated heterocycles. The number of imide groups is 1. The molecular weight excluding hydrogens is 853 g/mol. The standard InChI is InChI=1S/C48H59F2N9O7/c1-4-37-46(65)56(2)38-24-51-47(54-42(38)59(37)31-7-5-6-8-31)52-36-13-9-28(21-39(36)66-3)43(62)55-48(17-20-60)29-10-11-30(48)26-58(25-29)45(64)27-15-18-57(19-16-27)32-22-34(49)41(35(50)23-32)33-12-14-40(61)53-44(33)63/h9,13,21-24,27,29-31,33,37,60H,4-8,10-12,14-20,25-26H2,1-3H3,(H,55,62)(H,51,52,54)(H,53,61,63)/t29?,30?,33?,37-,48?/m1/s1. The molecule has 2 aromatic carbocycles. The van der Waals surface area contributed by atoms with Gasteiger partial charge in [0.2, 0.25) is 29.6 Å². The number of benzene rings is 2. The van der Waals surface area contributed by atoms with E-state index in [-0.39, 0.29) is 72.6 Å². The second-order valence-corrected chi connectivity index (χ2v) is 18.9. The molecule has 4 atom stereocenters. The van der Waals surface area contributed by atoms with E-state index in [0.717, 1.165) is 38.5 Å². The third kappa shape index (κ3) is 8.19. The summed E-state index contributed by atoms with van der Waals surface area (Å²) in [4.78, 5) is 82.7. The number of hydrogen-bond donors (Lipinski definition) is 4. The molecule has 1 aromatic heterocycles. The highest BCUT2D eigenvalue weighted by atomic mass is 19.1. The number of aliphatic hydroxyl groups is 1. The van der Waals surface area contributed by atoms with Crippen molar-refractivity contribution in [2.75, 3.05) is 67.0 Å². The number of hydrogen-bond acceptors (Lipinski definition) is 12. The van der Waals surface area contributed by atoms with Crippen LogP contribution in [0.15, 0.2) is 36.5 Å². The summed E-state index contributed by atoms with van der Waals surface area (Å²) in [5.74, 6) is -3.18. The van der Waals surface area contributed by atoms with E-state index in [4.69, 9.17) is 9.72 Å². The Balaban J connectivity index is 0.845. The van der Waals surface area contributed by atoms with Crippen molar-refractivity contribution in [2.24, 2.45) is 17.8 Å². The number of piperidine rings is 3. The predicted molar refractivity (Wildman–Crippen MR) is 242 cm³/mol. The van der Waals surface area contributed by atoms with Gasteiger partial charge in [0.25, 0.3) is 5.91 Å². The summed E-state index contributed by atoms with van der Waals surface area (Å²) >= 11 is 0. The Labute approximate surface area is 382 Å². The Morgan fingerprint density at radius 1 is 0.970 bits per heavy atom. The Morgan fingerprint density at radius 3 is 2.30 bits per heavy atom. The molecule has 2 bridgehead atoms. The van der Waals surface area contributed by atoms with Crippen LogP contribution in [-0.2, 0) is 19.2 Å². The number of anilines is 5. The average molecular weight is 912 g/mol. The third-order valence-electron chi connectivity index (χ3n) is 15.4. The molecule has 0 radical (unpaired) electrons. The van der Waals surface area contributed by atoms with Gasteiger partial charge in [-0.1, -0.05) is 19.8 Å². The number of aliphatic hydroxyl groups excluding tert-OH is 1. The second-order valence-electron chi connectivity index (χ2n) is 18.9. The van der Waals surface area contributed by atoms with Crippen molar-refractivity contribution in [3.8, 4) is 5.75 Å². The minimum atomic E-state index is -1.08. The molecule has 0 spiro atoms. The number of methoxy groups -OCH3 is 1. The highest BCUT2D eigenvalue weighted by Crippen LogP contribution is 2.48. The summed E-state index contributed by atoms with van der Waals surface area (Å²) in [6.07, 6.45) is 9.49. The maximum Gasteiger partial charge on any atom is 0.251 e. The van der Waals surface area contributed by atoms with Crippen molar-refractivity contribution in [1.82, 2.24) is 25.5 Å². The van der Waals surface area contributed by atoms with Crippen LogP contribution in [0.4, 0.5) is 37.6 Å². The van der Waals surface area contributed by atoms with Gasteiger partial charge >= 0.3 is 0 Å². The Hall–Kier alpha value is -5.91. The van der Waals surface area contributed by atoms with Crippen molar-refractivity contribution < 1.29 is 42.6 Å². The van der Waals surface area contributed by atoms with Crippen LogP contribution in [0.1, 0.15) is 106 Å². The van der Waals surface area contributed by atoms with Gasteiger partial charge in [-0.15, -0.1) is 0 Å². The summed E-state index contributed by atoms with van der Waals surface area (Å²) in [7, 11) is 3.29. The van der Waals surface area contributed by atoms with Gasteiger partial charge < -0.3 is 40.1 Å². The molecular formula is C48H59F2N9O7. The lowest BCUT2D eigenvalue weighted by molar-refractivity contribution is -0.140. The monoisotopic (exact) mass is 911 g/mol. The van der Waals surface area contributed by atoms with Crippen LogP contribution in [0, 0.1) is 29.4 Å². The highest BCUT2D eigenvalue weighted by Gasteiger charge is 2.55. The molecule has 3 unspecified atom stereocenters. The quantitative estimate of drug-likeness (QED) is 0.175. The van der Waals surface area contributed by atoms with Crippen LogP contribution >= 0.6 is 0 Å². The first-order valence-corrected chi connectivity index (χ1v) is 23.5. The van der Waals surface area contributed by atoms with Gasteiger partial charge in [-0.05, 0) is 88.1 Å². The zero-order valence-corrected chi connectivity index (χ0v) is 37.8. The molecule has 18 heteroatoms. The number of ether oxygens (including phenoxy) is 1. The predicted octanol–water partition coefficient (Wildman–Crippen LogP) is 5.17. The van der Waals surface area contributed by atoms with Crippen LogP contribution in [0.2, 0.25) is 0 Å². The van der Waals surface area contributed by atoms with Crippen molar-refractivity contribution in [3.05, 3.63) is 59.3 Å². The fourth-order valence-corrected chi connectivity index (χ4v) is 11.9. The number of nitrogens with one attached hydrogen (secondary N) is 3. The van der Waals surface area contributed by atoms with Gasteiger partial charge in [0.15, 0.2) is 5.82 Å². The largest absolute Gasteiger partial charge is 0.495 e. The van der Waals surface area contributed by atoms with E-state index in [1.54, 1.807) is 36.3 Å². The molecule has 5 heterocycles. The molecule has 3 aromatic rings. The van der Waals surface area contributed by atoms with Crippen LogP contribution in [0.25, 0.3) is 0 Å². The van der Waals surface area contributed by atoms with Crippen molar-refractivity contribution in [1.29, 1.82) is 0 Å². The number of likely N-dealkylation sites (tertiary alicyclic amines) is 1. The third-order valence-corrected chi connectivity index (χ3v) is 15.4. The number of carbonyl (C=O) groups is 5. The topological polar surface area (TPSA) is 190 Å². The molecule has 352 valence electrons. The molecule has 6 aliphatic rings. The van der Waals surface area contributed by atoms with E-state index < -0.39 is 34.9 Å². The van der Waals surface area contributed by atoms with Gasteiger partial charge in [0, 0.05) is 86.9 Å². The van der Waals surface area contributed by atoms with E-state index in [2.05, 4.69) is 25.8 Å². The first kappa shape index (κ1) is 45.3. The lowest BCUT2D eigenvalue weighted by atomic mass is 9.74. The summed E-state index contributed by atoms with van der Waals surface area (Å²) in [6.45, 7) is 3.58. The van der Waals surface area contributed by atoms with E-state index in [9.17, 15) is 29.1 Å². The zero-order valence-electron chi connectivity index (χ0n) is 37.8. The van der Waals surface area contributed by atoms with Crippen molar-refractivity contribution >= 4 is 58.4 Å². The molecule has 16 nitrogen and oxygen atoms in total. The first-order valence-electron chi connectivity index (χ1n) is 23.5. The van der Waals surface area contributed by atoms with E-state index >= 15 is 8.78 Å². The maximum absolute atomic E-state index is 15.3. The number of likely N-dealkylation sites (N-methyl/N-ethyl adjacent to an activating group) is 1. The van der Waals surface area contributed by atoms with E-state index in [0.29, 0.717) is 92.0 Å². The Bertz CT molecular complexity index is 2370.